The highest BCUT2D eigenvalue weighted by molar-refractivity contribution is 6.30. The van der Waals surface area contributed by atoms with E-state index in [0.717, 1.165) is 5.69 Å². The van der Waals surface area contributed by atoms with Gasteiger partial charge in [0.15, 0.2) is 11.5 Å². The number of carbonyl (C=O) groups excluding carboxylic acids is 1. The number of amides is 1. The number of aromatic nitrogens is 2. The normalized spacial score (nSPS) is 10.4. The lowest BCUT2D eigenvalue weighted by molar-refractivity contribution is 0.0937. The lowest BCUT2D eigenvalue weighted by atomic mass is 10.3. The summed E-state index contributed by atoms with van der Waals surface area (Å²) in [6, 6.07) is 10.7. The van der Waals surface area contributed by atoms with E-state index in [0.29, 0.717) is 10.8 Å². The van der Waals surface area contributed by atoms with Crippen LogP contribution >= 0.6 is 11.6 Å². The summed E-state index contributed by atoms with van der Waals surface area (Å²) in [4.78, 5) is 11.7. The van der Waals surface area contributed by atoms with Crippen LogP contribution in [0.25, 0.3) is 0 Å². The SMILES string of the molecule is CC(C)NC(=O)c1ccc(Nc2cccc(Cl)c2)nn1. The molecule has 0 saturated carbocycles. The number of rotatable bonds is 4. The van der Waals surface area contributed by atoms with Crippen LogP contribution in [0.15, 0.2) is 36.4 Å². The van der Waals surface area contributed by atoms with E-state index in [1.165, 1.54) is 0 Å². The van der Waals surface area contributed by atoms with Gasteiger partial charge in [-0.15, -0.1) is 10.2 Å². The van der Waals surface area contributed by atoms with Gasteiger partial charge < -0.3 is 10.6 Å². The molecule has 0 saturated heterocycles. The van der Waals surface area contributed by atoms with E-state index < -0.39 is 0 Å². The summed E-state index contributed by atoms with van der Waals surface area (Å²) in [6.45, 7) is 3.78. The lowest BCUT2D eigenvalue weighted by Gasteiger charge is -2.08. The number of halogens is 1. The molecule has 0 unspecified atom stereocenters. The van der Waals surface area contributed by atoms with E-state index in [2.05, 4.69) is 20.8 Å². The van der Waals surface area contributed by atoms with Crippen LogP contribution in [0.1, 0.15) is 24.3 Å². The fourth-order valence-electron chi connectivity index (χ4n) is 1.57. The van der Waals surface area contributed by atoms with Crippen molar-refractivity contribution in [3.05, 3.63) is 47.1 Å². The first-order valence-electron chi connectivity index (χ1n) is 6.22. The van der Waals surface area contributed by atoms with Crippen LogP contribution in [0.3, 0.4) is 0 Å². The zero-order chi connectivity index (χ0) is 14.5. The van der Waals surface area contributed by atoms with Gasteiger partial charge in [-0.1, -0.05) is 17.7 Å². The molecule has 0 fully saturated rings. The standard InChI is InChI=1S/C14H15ClN4O/c1-9(2)16-14(20)12-6-7-13(19-18-12)17-11-5-3-4-10(15)8-11/h3-9H,1-2H3,(H,16,20)(H,17,19). The maximum atomic E-state index is 11.7. The molecule has 2 N–H and O–H groups in total. The van der Waals surface area contributed by atoms with Crippen LogP contribution in [-0.2, 0) is 0 Å². The van der Waals surface area contributed by atoms with Gasteiger partial charge in [0.05, 0.1) is 0 Å². The highest BCUT2D eigenvalue weighted by atomic mass is 35.5. The smallest absolute Gasteiger partial charge is 0.271 e. The van der Waals surface area contributed by atoms with Crippen LogP contribution in [0.5, 0.6) is 0 Å². The fourth-order valence-corrected chi connectivity index (χ4v) is 1.76. The summed E-state index contributed by atoms with van der Waals surface area (Å²) in [5.41, 5.74) is 1.10. The molecule has 6 heteroatoms. The van der Waals surface area contributed by atoms with Gasteiger partial charge in [-0.05, 0) is 44.2 Å². The minimum atomic E-state index is -0.234. The highest BCUT2D eigenvalue weighted by Crippen LogP contribution is 2.18. The summed E-state index contributed by atoms with van der Waals surface area (Å²) in [5, 5.41) is 14.3. The number of hydrogen-bond acceptors (Lipinski definition) is 4. The van der Waals surface area contributed by atoms with Gasteiger partial charge in [0.2, 0.25) is 0 Å². The molecule has 5 nitrogen and oxygen atoms in total. The molecule has 1 heterocycles. The van der Waals surface area contributed by atoms with Crippen LogP contribution in [0.2, 0.25) is 5.02 Å². The molecule has 0 aliphatic heterocycles. The molecular formula is C14H15ClN4O. The van der Waals surface area contributed by atoms with E-state index in [4.69, 9.17) is 11.6 Å². The van der Waals surface area contributed by atoms with E-state index in [9.17, 15) is 4.79 Å². The molecule has 1 aromatic carbocycles. The first-order valence-corrected chi connectivity index (χ1v) is 6.59. The zero-order valence-corrected chi connectivity index (χ0v) is 12.0. The van der Waals surface area contributed by atoms with Crippen LogP contribution in [0, 0.1) is 0 Å². The fraction of sp³-hybridized carbons (Fsp3) is 0.214. The van der Waals surface area contributed by atoms with Gasteiger partial charge in [-0.2, -0.15) is 0 Å². The quantitative estimate of drug-likeness (QED) is 0.908. The van der Waals surface area contributed by atoms with Crippen molar-refractivity contribution >= 4 is 29.0 Å². The summed E-state index contributed by atoms with van der Waals surface area (Å²) >= 11 is 5.90. The molecule has 0 radical (unpaired) electrons. The van der Waals surface area contributed by atoms with Crippen molar-refractivity contribution in [3.63, 3.8) is 0 Å². The molecule has 0 aliphatic rings. The van der Waals surface area contributed by atoms with Crippen molar-refractivity contribution < 1.29 is 4.79 Å². The Morgan fingerprint density at radius 3 is 2.60 bits per heavy atom. The third-order valence-corrected chi connectivity index (χ3v) is 2.65. The Hall–Kier alpha value is -2.14. The second-order valence-corrected chi connectivity index (χ2v) is 5.00. The Balaban J connectivity index is 2.07. The Morgan fingerprint density at radius 2 is 2.00 bits per heavy atom. The number of nitrogens with one attached hydrogen (secondary N) is 2. The summed E-state index contributed by atoms with van der Waals surface area (Å²) in [7, 11) is 0. The largest absolute Gasteiger partial charge is 0.348 e. The maximum absolute atomic E-state index is 11.7. The highest BCUT2D eigenvalue weighted by Gasteiger charge is 2.09. The first kappa shape index (κ1) is 14.3. The van der Waals surface area contributed by atoms with Crippen LogP contribution < -0.4 is 10.6 Å². The Morgan fingerprint density at radius 1 is 1.20 bits per heavy atom. The molecule has 0 spiro atoms. The number of benzene rings is 1. The molecule has 1 aromatic heterocycles. The predicted octanol–water partition coefficient (Wildman–Crippen LogP) is 3.01. The minimum absolute atomic E-state index is 0.0635. The van der Waals surface area contributed by atoms with E-state index in [1.54, 1.807) is 24.3 Å². The van der Waals surface area contributed by atoms with Crippen molar-refractivity contribution in [1.82, 2.24) is 15.5 Å². The minimum Gasteiger partial charge on any atom is -0.348 e. The lowest BCUT2D eigenvalue weighted by Crippen LogP contribution is -2.30. The molecule has 104 valence electrons. The number of hydrogen-bond donors (Lipinski definition) is 2. The van der Waals surface area contributed by atoms with Crippen molar-refractivity contribution in [2.75, 3.05) is 5.32 Å². The van der Waals surface area contributed by atoms with E-state index >= 15 is 0 Å². The van der Waals surface area contributed by atoms with Crippen LogP contribution in [0.4, 0.5) is 11.5 Å². The third kappa shape index (κ3) is 3.93. The predicted molar refractivity (Wildman–Crippen MR) is 79.4 cm³/mol. The Bertz CT molecular complexity index is 598. The molecule has 0 bridgehead atoms. The zero-order valence-electron chi connectivity index (χ0n) is 11.2. The van der Waals surface area contributed by atoms with Gasteiger partial charge >= 0.3 is 0 Å². The molecule has 2 aromatic rings. The second-order valence-electron chi connectivity index (χ2n) is 4.57. The van der Waals surface area contributed by atoms with Gasteiger partial charge in [-0.25, -0.2) is 0 Å². The number of anilines is 2. The molecule has 0 atom stereocenters. The molecule has 2 rings (SSSR count). The van der Waals surface area contributed by atoms with E-state index in [1.807, 2.05) is 26.0 Å². The van der Waals surface area contributed by atoms with Gasteiger partial charge in [0.1, 0.15) is 0 Å². The van der Waals surface area contributed by atoms with Gasteiger partial charge in [0, 0.05) is 16.8 Å². The summed E-state index contributed by atoms with van der Waals surface area (Å²) in [6.07, 6.45) is 0. The second kappa shape index (κ2) is 6.34. The molecule has 0 aliphatic carbocycles. The van der Waals surface area contributed by atoms with Crippen molar-refractivity contribution in [2.45, 2.75) is 19.9 Å². The summed E-state index contributed by atoms with van der Waals surface area (Å²) < 4.78 is 0. The summed E-state index contributed by atoms with van der Waals surface area (Å²) in [5.74, 6) is 0.315. The van der Waals surface area contributed by atoms with Gasteiger partial charge in [-0.3, -0.25) is 4.79 Å². The topological polar surface area (TPSA) is 66.9 Å². The van der Waals surface area contributed by atoms with Crippen molar-refractivity contribution in [1.29, 1.82) is 0 Å². The average Bonchev–Trinajstić information content (AvgIpc) is 2.38. The van der Waals surface area contributed by atoms with Crippen LogP contribution in [-0.4, -0.2) is 22.1 Å². The number of carbonyl (C=O) groups is 1. The Labute approximate surface area is 122 Å². The van der Waals surface area contributed by atoms with E-state index in [-0.39, 0.29) is 17.6 Å². The van der Waals surface area contributed by atoms with Gasteiger partial charge in [0.25, 0.3) is 5.91 Å². The number of nitrogens with zero attached hydrogens (tertiary/aromatic N) is 2. The van der Waals surface area contributed by atoms with Crippen molar-refractivity contribution in [2.24, 2.45) is 0 Å². The maximum Gasteiger partial charge on any atom is 0.271 e. The monoisotopic (exact) mass is 290 g/mol. The molecule has 1 amide bonds. The Kier molecular flexibility index (Phi) is 4.53. The third-order valence-electron chi connectivity index (χ3n) is 2.41. The average molecular weight is 291 g/mol. The molecule has 20 heavy (non-hydrogen) atoms. The molecular weight excluding hydrogens is 276 g/mol. The van der Waals surface area contributed by atoms with Crippen molar-refractivity contribution in [3.8, 4) is 0 Å². The first-order chi connectivity index (χ1) is 9.54.